The summed E-state index contributed by atoms with van der Waals surface area (Å²) in [5.74, 6) is 1.20. The van der Waals surface area contributed by atoms with Gasteiger partial charge < -0.3 is 9.73 Å². The Labute approximate surface area is 165 Å². The lowest BCUT2D eigenvalue weighted by Crippen LogP contribution is -2.26. The van der Waals surface area contributed by atoms with Crippen molar-refractivity contribution in [1.82, 2.24) is 10.3 Å². The van der Waals surface area contributed by atoms with Crippen LogP contribution in [0.4, 0.5) is 0 Å². The van der Waals surface area contributed by atoms with Crippen molar-refractivity contribution >= 4 is 5.91 Å². The molecular weight excluding hydrogens is 350 g/mol. The van der Waals surface area contributed by atoms with Crippen molar-refractivity contribution < 1.29 is 9.21 Å². The van der Waals surface area contributed by atoms with Gasteiger partial charge in [-0.05, 0) is 55.7 Å². The average molecular weight is 373 g/mol. The third-order valence-electron chi connectivity index (χ3n) is 4.83. The number of aromatic nitrogens is 1. The van der Waals surface area contributed by atoms with Crippen molar-refractivity contribution in [2.45, 2.75) is 39.7 Å². The summed E-state index contributed by atoms with van der Waals surface area (Å²) in [6.45, 7) is 6.06. The standard InChI is InChI=1S/C23H23N3O2/c1-15-4-7-20(12-16(15)2)21-14-25-23(28-21)11-10-22(27)26-17(3)19-8-5-18(13-24)6-9-19/h4-9,12,14,17H,10-11H2,1-3H3,(H,26,27)/t17-/m0/s1. The Bertz CT molecular complexity index is 1010. The molecule has 3 aromatic rings. The first-order chi connectivity index (χ1) is 13.5. The molecule has 1 N–H and O–H groups in total. The number of carbonyl (C=O) groups excluding carboxylic acids is 1. The lowest BCUT2D eigenvalue weighted by Gasteiger charge is -2.14. The maximum atomic E-state index is 12.2. The molecule has 1 heterocycles. The van der Waals surface area contributed by atoms with Gasteiger partial charge in [-0.3, -0.25) is 4.79 Å². The molecular formula is C23H23N3O2. The highest BCUT2D eigenvalue weighted by molar-refractivity contribution is 5.76. The van der Waals surface area contributed by atoms with Crippen molar-refractivity contribution in [3.8, 4) is 17.4 Å². The third-order valence-corrected chi connectivity index (χ3v) is 4.83. The van der Waals surface area contributed by atoms with E-state index < -0.39 is 0 Å². The van der Waals surface area contributed by atoms with Gasteiger partial charge in [0.2, 0.25) is 5.91 Å². The average Bonchev–Trinajstić information content (AvgIpc) is 3.17. The maximum absolute atomic E-state index is 12.2. The Morgan fingerprint density at radius 1 is 1.18 bits per heavy atom. The van der Waals surface area contributed by atoms with Crippen molar-refractivity contribution in [1.29, 1.82) is 5.26 Å². The summed E-state index contributed by atoms with van der Waals surface area (Å²) in [6.07, 6.45) is 2.45. The van der Waals surface area contributed by atoms with Gasteiger partial charge in [-0.1, -0.05) is 24.3 Å². The summed E-state index contributed by atoms with van der Waals surface area (Å²) in [4.78, 5) is 16.5. The second-order valence-electron chi connectivity index (χ2n) is 6.94. The lowest BCUT2D eigenvalue weighted by molar-refractivity contribution is -0.121. The fourth-order valence-corrected chi connectivity index (χ4v) is 2.92. The van der Waals surface area contributed by atoms with E-state index in [0.29, 0.717) is 30.1 Å². The molecule has 1 atom stereocenters. The Morgan fingerprint density at radius 2 is 1.93 bits per heavy atom. The minimum Gasteiger partial charge on any atom is -0.441 e. The van der Waals surface area contributed by atoms with E-state index in [1.807, 2.05) is 25.1 Å². The summed E-state index contributed by atoms with van der Waals surface area (Å²) in [6, 6.07) is 15.3. The van der Waals surface area contributed by atoms with Gasteiger partial charge in [0.05, 0.1) is 23.9 Å². The van der Waals surface area contributed by atoms with E-state index in [1.54, 1.807) is 18.3 Å². The largest absolute Gasteiger partial charge is 0.441 e. The molecule has 1 amide bonds. The first-order valence-corrected chi connectivity index (χ1v) is 9.28. The van der Waals surface area contributed by atoms with Crippen molar-refractivity contribution in [2.75, 3.05) is 0 Å². The van der Waals surface area contributed by atoms with Crippen LogP contribution < -0.4 is 5.32 Å². The molecule has 3 rings (SSSR count). The van der Waals surface area contributed by atoms with E-state index in [9.17, 15) is 4.79 Å². The molecule has 0 aliphatic carbocycles. The number of nitrogens with one attached hydrogen (secondary N) is 1. The number of rotatable bonds is 6. The first-order valence-electron chi connectivity index (χ1n) is 9.28. The number of nitrogens with zero attached hydrogens (tertiary/aromatic N) is 2. The quantitative estimate of drug-likeness (QED) is 0.683. The van der Waals surface area contributed by atoms with Crippen LogP contribution in [0.5, 0.6) is 0 Å². The van der Waals surface area contributed by atoms with Crippen LogP contribution in [0.2, 0.25) is 0 Å². The number of nitriles is 1. The highest BCUT2D eigenvalue weighted by Crippen LogP contribution is 2.23. The van der Waals surface area contributed by atoms with E-state index in [0.717, 1.165) is 11.1 Å². The van der Waals surface area contributed by atoms with Gasteiger partial charge >= 0.3 is 0 Å². The predicted molar refractivity (Wildman–Crippen MR) is 107 cm³/mol. The number of hydrogen-bond acceptors (Lipinski definition) is 4. The van der Waals surface area contributed by atoms with Crippen LogP contribution in [0.1, 0.15) is 47.5 Å². The van der Waals surface area contributed by atoms with E-state index in [1.165, 1.54) is 11.1 Å². The van der Waals surface area contributed by atoms with Crippen LogP contribution in [0.25, 0.3) is 11.3 Å². The molecule has 0 saturated heterocycles. The van der Waals surface area contributed by atoms with Gasteiger partial charge in [-0.25, -0.2) is 4.98 Å². The number of carbonyl (C=O) groups is 1. The Kier molecular flexibility index (Phi) is 5.90. The molecule has 1 aromatic heterocycles. The van der Waals surface area contributed by atoms with Gasteiger partial charge in [-0.15, -0.1) is 0 Å². The van der Waals surface area contributed by atoms with E-state index >= 15 is 0 Å². The Balaban J connectivity index is 1.55. The summed E-state index contributed by atoms with van der Waals surface area (Å²) >= 11 is 0. The zero-order valence-electron chi connectivity index (χ0n) is 16.3. The highest BCUT2D eigenvalue weighted by atomic mass is 16.4. The molecule has 0 fully saturated rings. The van der Waals surface area contributed by atoms with Crippen molar-refractivity contribution in [2.24, 2.45) is 0 Å². The number of benzene rings is 2. The number of oxazole rings is 1. The predicted octanol–water partition coefficient (Wildman–Crippen LogP) is 4.64. The molecule has 0 spiro atoms. The van der Waals surface area contributed by atoms with E-state index in [4.69, 9.17) is 9.68 Å². The summed E-state index contributed by atoms with van der Waals surface area (Å²) < 4.78 is 5.81. The molecule has 0 radical (unpaired) electrons. The molecule has 5 heteroatoms. The van der Waals surface area contributed by atoms with Crippen molar-refractivity contribution in [3.05, 3.63) is 76.8 Å². The fraction of sp³-hybridized carbons (Fsp3) is 0.261. The van der Waals surface area contributed by atoms with E-state index in [2.05, 4.69) is 42.4 Å². The number of aryl methyl sites for hydroxylation is 3. The second-order valence-corrected chi connectivity index (χ2v) is 6.94. The monoisotopic (exact) mass is 373 g/mol. The molecule has 0 aliphatic rings. The fourth-order valence-electron chi connectivity index (χ4n) is 2.92. The Hall–Kier alpha value is -3.39. The number of amides is 1. The number of hydrogen-bond donors (Lipinski definition) is 1. The van der Waals surface area contributed by atoms with Gasteiger partial charge in [0, 0.05) is 18.4 Å². The van der Waals surface area contributed by atoms with Gasteiger partial charge in [-0.2, -0.15) is 5.26 Å². The summed E-state index contributed by atoms with van der Waals surface area (Å²) in [7, 11) is 0. The highest BCUT2D eigenvalue weighted by Gasteiger charge is 2.12. The van der Waals surface area contributed by atoms with Gasteiger partial charge in [0.1, 0.15) is 0 Å². The maximum Gasteiger partial charge on any atom is 0.220 e. The van der Waals surface area contributed by atoms with Gasteiger partial charge in [0.25, 0.3) is 0 Å². The summed E-state index contributed by atoms with van der Waals surface area (Å²) in [5, 5.41) is 11.8. The van der Waals surface area contributed by atoms with Crippen LogP contribution in [-0.4, -0.2) is 10.9 Å². The molecule has 5 nitrogen and oxygen atoms in total. The van der Waals surface area contributed by atoms with Crippen LogP contribution >= 0.6 is 0 Å². The SMILES string of the molecule is Cc1ccc(-c2cnc(CCC(=O)N[C@@H](C)c3ccc(C#N)cc3)o2)cc1C. The zero-order chi connectivity index (χ0) is 20.1. The minimum atomic E-state index is -0.129. The van der Waals surface area contributed by atoms with Crippen molar-refractivity contribution in [3.63, 3.8) is 0 Å². The zero-order valence-corrected chi connectivity index (χ0v) is 16.3. The van der Waals surface area contributed by atoms with Gasteiger partial charge in [0.15, 0.2) is 11.7 Å². The molecule has 2 aromatic carbocycles. The topological polar surface area (TPSA) is 78.9 Å². The molecule has 142 valence electrons. The molecule has 0 unspecified atom stereocenters. The third kappa shape index (κ3) is 4.66. The first kappa shape index (κ1) is 19.4. The van der Waals surface area contributed by atoms with Crippen LogP contribution in [0.3, 0.4) is 0 Å². The smallest absolute Gasteiger partial charge is 0.220 e. The Morgan fingerprint density at radius 3 is 2.61 bits per heavy atom. The lowest BCUT2D eigenvalue weighted by atomic mass is 10.1. The summed E-state index contributed by atoms with van der Waals surface area (Å²) in [5.41, 5.74) is 4.98. The van der Waals surface area contributed by atoms with Crippen LogP contribution in [0.15, 0.2) is 53.1 Å². The normalized spacial score (nSPS) is 11.6. The van der Waals surface area contributed by atoms with E-state index in [-0.39, 0.29) is 11.9 Å². The molecule has 0 aliphatic heterocycles. The molecule has 28 heavy (non-hydrogen) atoms. The van der Waals surface area contributed by atoms with Crippen LogP contribution in [0, 0.1) is 25.2 Å². The minimum absolute atomic E-state index is 0.0669. The molecule has 0 bridgehead atoms. The van der Waals surface area contributed by atoms with Crippen LogP contribution in [-0.2, 0) is 11.2 Å². The second kappa shape index (κ2) is 8.53. The molecule has 0 saturated carbocycles.